The van der Waals surface area contributed by atoms with Gasteiger partial charge in [-0.15, -0.1) is 0 Å². The molecule has 0 aromatic heterocycles. The molecule has 2 nitrogen and oxygen atoms in total. The first-order valence-electron chi connectivity index (χ1n) is 6.80. The van der Waals surface area contributed by atoms with Gasteiger partial charge in [-0.1, -0.05) is 36.2 Å². The van der Waals surface area contributed by atoms with E-state index in [1.807, 2.05) is 6.07 Å². The van der Waals surface area contributed by atoms with Crippen LogP contribution in [0.4, 0.5) is 0 Å². The minimum atomic E-state index is 0.412. The molecule has 0 saturated carbocycles. The molecule has 0 radical (unpaired) electrons. The predicted molar refractivity (Wildman–Crippen MR) is 79.0 cm³/mol. The van der Waals surface area contributed by atoms with Crippen molar-refractivity contribution in [2.45, 2.75) is 45.7 Å². The molecule has 0 fully saturated rings. The molecule has 3 heteroatoms. The lowest BCUT2D eigenvalue weighted by molar-refractivity contribution is 0.234. The molecule has 0 bridgehead atoms. The van der Waals surface area contributed by atoms with E-state index in [2.05, 4.69) is 54.2 Å². The normalized spacial score (nSPS) is 21.9. The van der Waals surface area contributed by atoms with Gasteiger partial charge in [-0.25, -0.2) is 0 Å². The lowest BCUT2D eigenvalue weighted by Gasteiger charge is -2.31. The Labute approximate surface area is 118 Å². The highest BCUT2D eigenvalue weighted by Gasteiger charge is 2.24. The first-order valence-corrected chi connectivity index (χ1v) is 7.59. The first kappa shape index (κ1) is 13.9. The first-order chi connectivity index (χ1) is 8.61. The van der Waals surface area contributed by atoms with Gasteiger partial charge < -0.3 is 10.1 Å². The third kappa shape index (κ3) is 3.07. The van der Waals surface area contributed by atoms with Crippen LogP contribution >= 0.6 is 15.9 Å². The second-order valence-corrected chi connectivity index (χ2v) is 6.13. The molecule has 2 rings (SSSR count). The summed E-state index contributed by atoms with van der Waals surface area (Å²) >= 11 is 3.54. The fraction of sp³-hybridized carbons (Fsp3) is 0.600. The average molecular weight is 312 g/mol. The predicted octanol–water partition coefficient (Wildman–Crippen LogP) is 4.30. The highest BCUT2D eigenvalue weighted by molar-refractivity contribution is 9.10. The molecule has 1 aromatic carbocycles. The summed E-state index contributed by atoms with van der Waals surface area (Å²) in [4.78, 5) is 0. The van der Waals surface area contributed by atoms with Crippen LogP contribution in [0.15, 0.2) is 22.7 Å². The van der Waals surface area contributed by atoms with Gasteiger partial charge in [0.1, 0.15) is 5.75 Å². The van der Waals surface area contributed by atoms with Crippen molar-refractivity contribution in [1.29, 1.82) is 0 Å². The van der Waals surface area contributed by atoms with Crippen molar-refractivity contribution in [1.82, 2.24) is 5.32 Å². The summed E-state index contributed by atoms with van der Waals surface area (Å²) in [5, 5.41) is 3.75. The van der Waals surface area contributed by atoms with E-state index in [1.165, 1.54) is 12.0 Å². The Morgan fingerprint density at radius 1 is 1.44 bits per heavy atom. The maximum Gasteiger partial charge on any atom is 0.124 e. The standard InChI is InChI=1S/C15H22BrNO/c1-4-10(2)11(3)17-14-7-8-18-15-6-5-12(16)9-13(14)15/h5-6,9-11,14,17H,4,7-8H2,1-3H3. The maximum absolute atomic E-state index is 5.72. The van der Waals surface area contributed by atoms with E-state index in [9.17, 15) is 0 Å². The summed E-state index contributed by atoms with van der Waals surface area (Å²) in [6.07, 6.45) is 2.26. The van der Waals surface area contributed by atoms with Gasteiger partial charge in [0.15, 0.2) is 0 Å². The summed E-state index contributed by atoms with van der Waals surface area (Å²) in [5.74, 6) is 1.72. The SMILES string of the molecule is CCC(C)C(C)NC1CCOc2ccc(Br)cc21. The Kier molecular flexibility index (Phi) is 4.68. The van der Waals surface area contributed by atoms with Crippen LogP contribution in [0.1, 0.15) is 45.2 Å². The quantitative estimate of drug-likeness (QED) is 0.895. The molecule has 1 N–H and O–H groups in total. The summed E-state index contributed by atoms with van der Waals surface area (Å²) in [7, 11) is 0. The second-order valence-electron chi connectivity index (χ2n) is 5.21. The minimum absolute atomic E-state index is 0.412. The van der Waals surface area contributed by atoms with Crippen molar-refractivity contribution in [2.75, 3.05) is 6.61 Å². The van der Waals surface area contributed by atoms with Gasteiger partial charge in [0.25, 0.3) is 0 Å². The Bertz CT molecular complexity index is 407. The Hall–Kier alpha value is -0.540. The zero-order valence-corrected chi connectivity index (χ0v) is 13.0. The third-order valence-electron chi connectivity index (χ3n) is 3.97. The van der Waals surface area contributed by atoms with E-state index in [0.29, 0.717) is 18.0 Å². The smallest absolute Gasteiger partial charge is 0.124 e. The van der Waals surface area contributed by atoms with Crippen molar-refractivity contribution < 1.29 is 4.74 Å². The van der Waals surface area contributed by atoms with Crippen molar-refractivity contribution in [3.63, 3.8) is 0 Å². The molecule has 3 unspecified atom stereocenters. The molecule has 0 amide bonds. The molecule has 0 saturated heterocycles. The van der Waals surface area contributed by atoms with Crippen LogP contribution in [0, 0.1) is 5.92 Å². The molecule has 0 aliphatic carbocycles. The van der Waals surface area contributed by atoms with E-state index in [-0.39, 0.29) is 0 Å². The zero-order valence-electron chi connectivity index (χ0n) is 11.4. The van der Waals surface area contributed by atoms with Crippen LogP contribution in [0.2, 0.25) is 0 Å². The van der Waals surface area contributed by atoms with Crippen LogP contribution in [0.25, 0.3) is 0 Å². The van der Waals surface area contributed by atoms with Crippen molar-refractivity contribution >= 4 is 15.9 Å². The lowest BCUT2D eigenvalue weighted by Crippen LogP contribution is -2.37. The number of hydrogen-bond acceptors (Lipinski definition) is 2. The van der Waals surface area contributed by atoms with Gasteiger partial charge in [-0.05, 0) is 31.0 Å². The van der Waals surface area contributed by atoms with E-state index in [1.54, 1.807) is 0 Å². The monoisotopic (exact) mass is 311 g/mol. The number of halogens is 1. The van der Waals surface area contributed by atoms with Gasteiger partial charge >= 0.3 is 0 Å². The van der Waals surface area contributed by atoms with Crippen molar-refractivity contribution in [2.24, 2.45) is 5.92 Å². The van der Waals surface area contributed by atoms with Gasteiger partial charge in [-0.2, -0.15) is 0 Å². The molecular formula is C15H22BrNO. The fourth-order valence-corrected chi connectivity index (χ4v) is 2.75. The van der Waals surface area contributed by atoms with Crippen LogP contribution in [0.3, 0.4) is 0 Å². The highest BCUT2D eigenvalue weighted by Crippen LogP contribution is 2.34. The molecule has 1 aliphatic heterocycles. The molecule has 100 valence electrons. The Morgan fingerprint density at radius 2 is 2.22 bits per heavy atom. The number of rotatable bonds is 4. The number of fused-ring (bicyclic) bond motifs is 1. The molecule has 1 aliphatic rings. The number of nitrogens with one attached hydrogen (secondary N) is 1. The second kappa shape index (κ2) is 6.07. The average Bonchev–Trinajstić information content (AvgIpc) is 2.38. The van der Waals surface area contributed by atoms with Crippen LogP contribution in [-0.2, 0) is 0 Å². The van der Waals surface area contributed by atoms with E-state index >= 15 is 0 Å². The van der Waals surface area contributed by atoms with E-state index in [0.717, 1.165) is 23.2 Å². The number of hydrogen-bond donors (Lipinski definition) is 1. The van der Waals surface area contributed by atoms with Crippen LogP contribution in [-0.4, -0.2) is 12.6 Å². The molecule has 0 spiro atoms. The third-order valence-corrected chi connectivity index (χ3v) is 4.47. The summed E-state index contributed by atoms with van der Waals surface area (Å²) in [5.41, 5.74) is 1.28. The number of benzene rings is 1. The van der Waals surface area contributed by atoms with Crippen LogP contribution in [0.5, 0.6) is 5.75 Å². The number of ether oxygens (including phenoxy) is 1. The molecule has 1 heterocycles. The Morgan fingerprint density at radius 3 is 2.94 bits per heavy atom. The van der Waals surface area contributed by atoms with Crippen molar-refractivity contribution in [3.8, 4) is 5.75 Å². The molecule has 1 aromatic rings. The summed E-state index contributed by atoms with van der Waals surface area (Å²) in [6.45, 7) is 7.64. The van der Waals surface area contributed by atoms with Gasteiger partial charge in [-0.3, -0.25) is 0 Å². The fourth-order valence-electron chi connectivity index (χ4n) is 2.37. The Balaban J connectivity index is 2.14. The largest absolute Gasteiger partial charge is 0.493 e. The molecule has 3 atom stereocenters. The van der Waals surface area contributed by atoms with Gasteiger partial charge in [0.2, 0.25) is 0 Å². The minimum Gasteiger partial charge on any atom is -0.493 e. The van der Waals surface area contributed by atoms with E-state index < -0.39 is 0 Å². The molecule has 18 heavy (non-hydrogen) atoms. The van der Waals surface area contributed by atoms with Gasteiger partial charge in [0.05, 0.1) is 6.61 Å². The lowest BCUT2D eigenvalue weighted by atomic mass is 9.95. The highest BCUT2D eigenvalue weighted by atomic mass is 79.9. The maximum atomic E-state index is 5.72. The summed E-state index contributed by atoms with van der Waals surface area (Å²) in [6, 6.07) is 7.22. The van der Waals surface area contributed by atoms with Crippen molar-refractivity contribution in [3.05, 3.63) is 28.2 Å². The zero-order chi connectivity index (χ0) is 13.1. The summed E-state index contributed by atoms with van der Waals surface area (Å²) < 4.78 is 6.84. The molecular weight excluding hydrogens is 290 g/mol. The van der Waals surface area contributed by atoms with E-state index in [4.69, 9.17) is 4.74 Å². The van der Waals surface area contributed by atoms with Gasteiger partial charge in [0, 0.05) is 28.5 Å². The topological polar surface area (TPSA) is 21.3 Å². The van der Waals surface area contributed by atoms with Crippen LogP contribution < -0.4 is 10.1 Å².